The predicted octanol–water partition coefficient (Wildman–Crippen LogP) is 4.26. The average molecular weight is 273 g/mol. The Morgan fingerprint density at radius 1 is 1.05 bits per heavy atom. The average Bonchev–Trinajstić information content (AvgIpc) is 2.41. The predicted molar refractivity (Wildman–Crippen MR) is 81.0 cm³/mol. The van der Waals surface area contributed by atoms with Crippen molar-refractivity contribution >= 4 is 11.4 Å². The van der Waals surface area contributed by atoms with Crippen LogP contribution >= 0.6 is 0 Å². The summed E-state index contributed by atoms with van der Waals surface area (Å²) in [5, 5.41) is 9.89. The largest absolute Gasteiger partial charge is 0.389 e. The van der Waals surface area contributed by atoms with Crippen molar-refractivity contribution < 1.29 is 9.50 Å². The molecule has 0 spiro atoms. The Bertz CT molecular complexity index is 622. The van der Waals surface area contributed by atoms with Crippen LogP contribution in [-0.4, -0.2) is 12.2 Å². The van der Waals surface area contributed by atoms with E-state index in [2.05, 4.69) is 0 Å². The van der Waals surface area contributed by atoms with Gasteiger partial charge in [-0.15, -0.1) is 0 Å². The highest BCUT2D eigenvalue weighted by molar-refractivity contribution is 5.69. The third-order valence-electron chi connectivity index (χ3n) is 3.60. The highest BCUT2D eigenvalue weighted by atomic mass is 19.1. The first-order valence-electron chi connectivity index (χ1n) is 6.69. The maximum absolute atomic E-state index is 13.7. The smallest absolute Gasteiger partial charge is 0.126 e. The number of aliphatic hydroxyl groups excluding tert-OH is 1. The molecule has 106 valence electrons. The molecule has 0 radical (unpaired) electrons. The molecule has 0 aliphatic carbocycles. The summed E-state index contributed by atoms with van der Waals surface area (Å²) in [4.78, 5) is 1.99. The molecule has 0 unspecified atom stereocenters. The number of aliphatic hydroxyl groups is 1. The van der Waals surface area contributed by atoms with Crippen molar-refractivity contribution in [3.8, 4) is 0 Å². The number of aryl methyl sites for hydroxylation is 2. The molecule has 0 saturated heterocycles. The lowest BCUT2D eigenvalue weighted by Gasteiger charge is -2.26. The second kappa shape index (κ2) is 5.63. The maximum atomic E-state index is 13.7. The van der Waals surface area contributed by atoms with Gasteiger partial charge in [0, 0.05) is 24.0 Å². The van der Waals surface area contributed by atoms with Gasteiger partial charge in [0.15, 0.2) is 0 Å². The topological polar surface area (TPSA) is 23.5 Å². The maximum Gasteiger partial charge on any atom is 0.126 e. The second-order valence-electron chi connectivity index (χ2n) is 5.18. The molecule has 1 N–H and O–H groups in total. The van der Waals surface area contributed by atoms with Crippen molar-refractivity contribution in [1.29, 1.82) is 0 Å². The van der Waals surface area contributed by atoms with Crippen molar-refractivity contribution in [1.82, 2.24) is 0 Å². The molecule has 2 nitrogen and oxygen atoms in total. The first-order valence-corrected chi connectivity index (χ1v) is 6.69. The zero-order valence-corrected chi connectivity index (χ0v) is 12.3. The van der Waals surface area contributed by atoms with Crippen molar-refractivity contribution in [2.45, 2.75) is 26.9 Å². The summed E-state index contributed by atoms with van der Waals surface area (Å²) in [6.45, 7) is 5.42. The lowest BCUT2D eigenvalue weighted by Crippen LogP contribution is -2.14. The Balaban J connectivity index is 2.57. The molecule has 20 heavy (non-hydrogen) atoms. The molecule has 1 atom stereocenters. The molecule has 3 heteroatoms. The number of hydrogen-bond donors (Lipinski definition) is 1. The van der Waals surface area contributed by atoms with E-state index in [1.807, 2.05) is 43.1 Å². The quantitative estimate of drug-likeness (QED) is 0.903. The van der Waals surface area contributed by atoms with Gasteiger partial charge in [0.1, 0.15) is 5.82 Å². The molecule has 0 fully saturated rings. The summed E-state index contributed by atoms with van der Waals surface area (Å²) < 4.78 is 13.7. The molecular weight excluding hydrogens is 253 g/mol. The second-order valence-corrected chi connectivity index (χ2v) is 5.18. The Kier molecular flexibility index (Phi) is 4.09. The van der Waals surface area contributed by atoms with E-state index < -0.39 is 6.10 Å². The van der Waals surface area contributed by atoms with E-state index in [0.29, 0.717) is 11.1 Å². The van der Waals surface area contributed by atoms with Gasteiger partial charge in [-0.1, -0.05) is 18.2 Å². The van der Waals surface area contributed by atoms with Gasteiger partial charge in [-0.05, 0) is 50.1 Å². The normalized spacial score (nSPS) is 12.3. The van der Waals surface area contributed by atoms with Crippen molar-refractivity contribution in [2.24, 2.45) is 0 Å². The van der Waals surface area contributed by atoms with Crippen LogP contribution in [0.1, 0.15) is 29.7 Å². The van der Waals surface area contributed by atoms with Gasteiger partial charge in [0.25, 0.3) is 0 Å². The molecule has 2 rings (SSSR count). The summed E-state index contributed by atoms with van der Waals surface area (Å²) in [6.07, 6.45) is -0.716. The number of halogens is 1. The molecular formula is C17H20FNO. The van der Waals surface area contributed by atoms with Crippen LogP contribution < -0.4 is 4.90 Å². The van der Waals surface area contributed by atoms with E-state index in [9.17, 15) is 9.50 Å². The fourth-order valence-corrected chi connectivity index (χ4v) is 2.38. The molecule has 2 aromatic rings. The number of benzene rings is 2. The van der Waals surface area contributed by atoms with E-state index >= 15 is 0 Å². The number of para-hydroxylation sites is 1. The Hall–Kier alpha value is -1.87. The zero-order valence-electron chi connectivity index (χ0n) is 12.3. The molecule has 0 bridgehead atoms. The Morgan fingerprint density at radius 2 is 1.70 bits per heavy atom. The number of hydrogen-bond acceptors (Lipinski definition) is 2. The highest BCUT2D eigenvalue weighted by Crippen LogP contribution is 2.34. The van der Waals surface area contributed by atoms with Crippen LogP contribution in [0.3, 0.4) is 0 Å². The minimum absolute atomic E-state index is 0.289. The fraction of sp³-hybridized carbons (Fsp3) is 0.294. The molecule has 0 aromatic heterocycles. The van der Waals surface area contributed by atoms with Gasteiger partial charge >= 0.3 is 0 Å². The molecule has 0 heterocycles. The van der Waals surface area contributed by atoms with Gasteiger partial charge in [-0.2, -0.15) is 0 Å². The zero-order chi connectivity index (χ0) is 14.9. The van der Waals surface area contributed by atoms with Gasteiger partial charge in [-0.25, -0.2) is 4.39 Å². The van der Waals surface area contributed by atoms with Crippen molar-refractivity contribution in [2.75, 3.05) is 11.9 Å². The van der Waals surface area contributed by atoms with E-state index in [1.54, 1.807) is 19.9 Å². The van der Waals surface area contributed by atoms with Crippen molar-refractivity contribution in [3.63, 3.8) is 0 Å². The van der Waals surface area contributed by atoms with Crippen molar-refractivity contribution in [3.05, 3.63) is 58.9 Å². The molecule has 2 aromatic carbocycles. The van der Waals surface area contributed by atoms with Gasteiger partial charge in [0.2, 0.25) is 0 Å². The third kappa shape index (κ3) is 2.68. The standard InChI is InChI=1S/C17H20FNO/c1-11-7-5-6-8-16(11)19(4)17-9-12(2)15(18)10-14(17)13(3)20/h5-10,13,20H,1-4H3/t13-/m1/s1. The van der Waals surface area contributed by atoms with Crippen LogP contribution in [0.25, 0.3) is 0 Å². The molecule has 0 amide bonds. The van der Waals surface area contributed by atoms with Crippen LogP contribution in [0.4, 0.5) is 15.8 Å². The summed E-state index contributed by atoms with van der Waals surface area (Å²) in [5.41, 5.74) is 4.17. The van der Waals surface area contributed by atoms with E-state index in [0.717, 1.165) is 16.9 Å². The number of rotatable bonds is 3. The molecule has 0 aliphatic rings. The first kappa shape index (κ1) is 14.5. The fourth-order valence-electron chi connectivity index (χ4n) is 2.38. The number of nitrogens with zero attached hydrogens (tertiary/aromatic N) is 1. The van der Waals surface area contributed by atoms with E-state index in [4.69, 9.17) is 0 Å². The Morgan fingerprint density at radius 3 is 2.30 bits per heavy atom. The van der Waals surface area contributed by atoms with Crippen LogP contribution in [-0.2, 0) is 0 Å². The third-order valence-corrected chi connectivity index (χ3v) is 3.60. The number of anilines is 2. The van der Waals surface area contributed by atoms with E-state index in [-0.39, 0.29) is 5.82 Å². The van der Waals surface area contributed by atoms with Gasteiger partial charge in [-0.3, -0.25) is 0 Å². The summed E-state index contributed by atoms with van der Waals surface area (Å²) >= 11 is 0. The lowest BCUT2D eigenvalue weighted by atomic mass is 10.0. The van der Waals surface area contributed by atoms with Gasteiger partial charge < -0.3 is 10.0 Å². The summed E-state index contributed by atoms with van der Waals surface area (Å²) in [6, 6.07) is 11.2. The summed E-state index contributed by atoms with van der Waals surface area (Å²) in [5.74, 6) is -0.289. The highest BCUT2D eigenvalue weighted by Gasteiger charge is 2.16. The van der Waals surface area contributed by atoms with E-state index in [1.165, 1.54) is 6.07 Å². The minimum Gasteiger partial charge on any atom is -0.389 e. The van der Waals surface area contributed by atoms with Crippen LogP contribution in [0.15, 0.2) is 36.4 Å². The van der Waals surface area contributed by atoms with Gasteiger partial charge in [0.05, 0.1) is 6.10 Å². The molecule has 0 saturated carbocycles. The molecule has 0 aliphatic heterocycles. The first-order chi connectivity index (χ1) is 9.41. The SMILES string of the molecule is Cc1cc(N(C)c2ccccc2C)c([C@@H](C)O)cc1F. The van der Waals surface area contributed by atoms with Crippen LogP contribution in [0.2, 0.25) is 0 Å². The monoisotopic (exact) mass is 273 g/mol. The van der Waals surface area contributed by atoms with Crippen LogP contribution in [0, 0.1) is 19.7 Å². The van der Waals surface area contributed by atoms with Crippen LogP contribution in [0.5, 0.6) is 0 Å². The summed E-state index contributed by atoms with van der Waals surface area (Å²) in [7, 11) is 1.93. The minimum atomic E-state index is -0.716. The lowest BCUT2D eigenvalue weighted by molar-refractivity contribution is 0.199. The Labute approximate surface area is 119 Å².